The minimum absolute atomic E-state index is 0.193. The fraction of sp³-hybridized carbons (Fsp3) is 0.125. The Morgan fingerprint density at radius 3 is 2.72 bits per heavy atom. The van der Waals surface area contributed by atoms with Gasteiger partial charge in [0.1, 0.15) is 11.6 Å². The lowest BCUT2D eigenvalue weighted by Crippen LogP contribution is -2.26. The Morgan fingerprint density at radius 2 is 1.91 bits per heavy atom. The van der Waals surface area contributed by atoms with Crippen molar-refractivity contribution in [3.8, 4) is 0 Å². The van der Waals surface area contributed by atoms with Gasteiger partial charge in [-0.1, -0.05) is 35.9 Å². The molecule has 8 heteroatoms. The number of nitrogens with zero attached hydrogens (tertiary/aromatic N) is 3. The van der Waals surface area contributed by atoms with Crippen LogP contribution in [0.2, 0.25) is 5.02 Å². The van der Waals surface area contributed by atoms with Gasteiger partial charge in [0.2, 0.25) is 0 Å². The van der Waals surface area contributed by atoms with Crippen LogP contribution in [0.15, 0.2) is 66.7 Å². The highest BCUT2D eigenvalue weighted by Gasteiger charge is 2.18. The number of halogens is 2. The van der Waals surface area contributed by atoms with Gasteiger partial charge in [-0.15, -0.1) is 0 Å². The highest BCUT2D eigenvalue weighted by molar-refractivity contribution is 6.30. The summed E-state index contributed by atoms with van der Waals surface area (Å²) >= 11 is 5.96. The third-order valence-electron chi connectivity index (χ3n) is 5.26. The predicted octanol–water partition coefficient (Wildman–Crippen LogP) is 4.73. The number of H-pyrrole nitrogens is 1. The predicted molar refractivity (Wildman–Crippen MR) is 122 cm³/mol. The van der Waals surface area contributed by atoms with Crippen molar-refractivity contribution < 1.29 is 9.18 Å². The standard InChI is InChI=1S/C24H19ClFN5O/c25-16-7-5-15(6-8-16)14-31-21-10-9-17(26)13-18(21)23(30-31)24(32)27-12-11-22-28-19-3-1-2-4-20(19)29-22/h1-10,13H,11-12,14H2,(H,27,32)(H,28,29). The van der Waals surface area contributed by atoms with Crippen molar-refractivity contribution in [2.24, 2.45) is 0 Å². The molecule has 5 rings (SSSR count). The van der Waals surface area contributed by atoms with Crippen LogP contribution in [0.4, 0.5) is 4.39 Å². The van der Waals surface area contributed by atoms with Crippen LogP contribution in [0, 0.1) is 5.82 Å². The quantitative estimate of drug-likeness (QED) is 0.395. The lowest BCUT2D eigenvalue weighted by molar-refractivity contribution is 0.0950. The smallest absolute Gasteiger partial charge is 0.272 e. The highest BCUT2D eigenvalue weighted by atomic mass is 35.5. The molecule has 0 aliphatic carbocycles. The Morgan fingerprint density at radius 1 is 1.09 bits per heavy atom. The maximum Gasteiger partial charge on any atom is 0.272 e. The molecule has 6 nitrogen and oxygen atoms in total. The first-order valence-electron chi connectivity index (χ1n) is 10.2. The van der Waals surface area contributed by atoms with E-state index in [0.717, 1.165) is 22.4 Å². The van der Waals surface area contributed by atoms with Crippen molar-refractivity contribution in [3.05, 3.63) is 94.7 Å². The zero-order valence-electron chi connectivity index (χ0n) is 17.0. The lowest BCUT2D eigenvalue weighted by Gasteiger charge is -2.04. The van der Waals surface area contributed by atoms with Gasteiger partial charge >= 0.3 is 0 Å². The van der Waals surface area contributed by atoms with E-state index in [2.05, 4.69) is 20.4 Å². The maximum absolute atomic E-state index is 13.9. The molecule has 0 radical (unpaired) electrons. The number of benzene rings is 3. The Balaban J connectivity index is 1.35. The van der Waals surface area contributed by atoms with Gasteiger partial charge in [0.25, 0.3) is 5.91 Å². The fourth-order valence-electron chi connectivity index (χ4n) is 3.70. The molecule has 2 aromatic heterocycles. The van der Waals surface area contributed by atoms with Crippen molar-refractivity contribution in [1.82, 2.24) is 25.1 Å². The fourth-order valence-corrected chi connectivity index (χ4v) is 3.83. The van der Waals surface area contributed by atoms with E-state index in [0.29, 0.717) is 35.4 Å². The van der Waals surface area contributed by atoms with E-state index in [-0.39, 0.29) is 11.6 Å². The molecule has 2 N–H and O–H groups in total. The van der Waals surface area contributed by atoms with Gasteiger partial charge in [-0.25, -0.2) is 9.37 Å². The minimum Gasteiger partial charge on any atom is -0.350 e. The molecule has 0 aliphatic rings. The zero-order valence-corrected chi connectivity index (χ0v) is 17.7. The molecule has 0 spiro atoms. The second kappa shape index (κ2) is 8.43. The Hall–Kier alpha value is -3.71. The normalized spacial score (nSPS) is 11.3. The molecular formula is C24H19ClFN5O. The van der Waals surface area contributed by atoms with Crippen LogP contribution < -0.4 is 5.32 Å². The molecule has 5 aromatic rings. The first kappa shape index (κ1) is 20.2. The number of imidazole rings is 1. The molecule has 0 unspecified atom stereocenters. The molecule has 1 amide bonds. The van der Waals surface area contributed by atoms with Crippen LogP contribution in [0.5, 0.6) is 0 Å². The summed E-state index contributed by atoms with van der Waals surface area (Å²) in [6.07, 6.45) is 0.540. The number of aromatic amines is 1. The summed E-state index contributed by atoms with van der Waals surface area (Å²) in [7, 11) is 0. The topological polar surface area (TPSA) is 75.6 Å². The summed E-state index contributed by atoms with van der Waals surface area (Å²) in [5, 5.41) is 8.48. The average Bonchev–Trinajstić information content (AvgIpc) is 3.36. The van der Waals surface area contributed by atoms with E-state index in [9.17, 15) is 9.18 Å². The third kappa shape index (κ3) is 4.07. The SMILES string of the molecule is O=C(NCCc1nc2ccccc2[nH]1)c1nn(Cc2ccc(Cl)cc2)c2ccc(F)cc12. The van der Waals surface area contributed by atoms with E-state index >= 15 is 0 Å². The zero-order chi connectivity index (χ0) is 22.1. The molecule has 0 bridgehead atoms. The molecule has 160 valence electrons. The molecule has 0 fully saturated rings. The third-order valence-corrected chi connectivity index (χ3v) is 5.51. The van der Waals surface area contributed by atoms with Crippen molar-refractivity contribution in [1.29, 1.82) is 0 Å². The van der Waals surface area contributed by atoms with E-state index in [1.165, 1.54) is 12.1 Å². The number of amides is 1. The number of para-hydroxylation sites is 2. The first-order chi connectivity index (χ1) is 15.6. The Bertz CT molecular complexity index is 1390. The molecule has 3 aromatic carbocycles. The number of carbonyl (C=O) groups is 1. The number of nitrogens with one attached hydrogen (secondary N) is 2. The number of carbonyl (C=O) groups excluding carboxylic acids is 1. The molecule has 0 saturated carbocycles. The summed E-state index contributed by atoms with van der Waals surface area (Å²) in [6.45, 7) is 0.811. The average molecular weight is 448 g/mol. The van der Waals surface area contributed by atoms with Gasteiger partial charge in [-0.05, 0) is 48.0 Å². The van der Waals surface area contributed by atoms with Crippen LogP contribution in [0.3, 0.4) is 0 Å². The minimum atomic E-state index is -0.417. The molecule has 0 aliphatic heterocycles. The molecule has 2 heterocycles. The summed E-state index contributed by atoms with van der Waals surface area (Å²) in [5.74, 6) is 0.0158. The summed E-state index contributed by atoms with van der Waals surface area (Å²) < 4.78 is 15.6. The van der Waals surface area contributed by atoms with Gasteiger partial charge in [0.05, 0.1) is 23.1 Å². The highest BCUT2D eigenvalue weighted by Crippen LogP contribution is 2.22. The van der Waals surface area contributed by atoms with E-state index < -0.39 is 5.82 Å². The van der Waals surface area contributed by atoms with Gasteiger partial charge in [-0.2, -0.15) is 5.10 Å². The lowest BCUT2D eigenvalue weighted by atomic mass is 10.2. The van der Waals surface area contributed by atoms with Gasteiger partial charge in [0, 0.05) is 23.4 Å². The number of aromatic nitrogens is 4. The number of hydrogen-bond acceptors (Lipinski definition) is 3. The van der Waals surface area contributed by atoms with Crippen LogP contribution in [0.25, 0.3) is 21.9 Å². The van der Waals surface area contributed by atoms with Gasteiger partial charge in [-0.3, -0.25) is 9.48 Å². The number of hydrogen-bond donors (Lipinski definition) is 2. The van der Waals surface area contributed by atoms with Crippen LogP contribution in [-0.4, -0.2) is 32.2 Å². The number of rotatable bonds is 6. The molecule has 32 heavy (non-hydrogen) atoms. The Kier molecular flexibility index (Phi) is 5.33. The van der Waals surface area contributed by atoms with E-state index in [1.54, 1.807) is 22.9 Å². The number of fused-ring (bicyclic) bond motifs is 2. The second-order valence-electron chi connectivity index (χ2n) is 7.50. The Labute approximate surface area is 188 Å². The maximum atomic E-state index is 13.9. The molecular weight excluding hydrogens is 429 g/mol. The summed E-state index contributed by atoms with van der Waals surface area (Å²) in [5.41, 5.74) is 3.69. The van der Waals surface area contributed by atoms with Crippen molar-refractivity contribution >= 4 is 39.4 Å². The van der Waals surface area contributed by atoms with Crippen LogP contribution in [0.1, 0.15) is 21.9 Å². The van der Waals surface area contributed by atoms with Crippen molar-refractivity contribution in [2.45, 2.75) is 13.0 Å². The van der Waals surface area contributed by atoms with Crippen LogP contribution >= 0.6 is 11.6 Å². The van der Waals surface area contributed by atoms with Crippen molar-refractivity contribution in [3.63, 3.8) is 0 Å². The monoisotopic (exact) mass is 447 g/mol. The first-order valence-corrected chi connectivity index (χ1v) is 10.6. The summed E-state index contributed by atoms with van der Waals surface area (Å²) in [4.78, 5) is 20.6. The second-order valence-corrected chi connectivity index (χ2v) is 7.94. The molecule has 0 saturated heterocycles. The van der Waals surface area contributed by atoms with Crippen LogP contribution in [-0.2, 0) is 13.0 Å². The summed E-state index contributed by atoms with van der Waals surface area (Å²) in [6, 6.07) is 19.5. The molecule has 0 atom stereocenters. The van der Waals surface area contributed by atoms with Crippen molar-refractivity contribution in [2.75, 3.05) is 6.54 Å². The largest absolute Gasteiger partial charge is 0.350 e. The van der Waals surface area contributed by atoms with Gasteiger partial charge in [0.15, 0.2) is 5.69 Å². The van der Waals surface area contributed by atoms with Gasteiger partial charge < -0.3 is 10.3 Å². The van der Waals surface area contributed by atoms with E-state index in [4.69, 9.17) is 11.6 Å². The van der Waals surface area contributed by atoms with E-state index in [1.807, 2.05) is 36.4 Å².